The summed E-state index contributed by atoms with van der Waals surface area (Å²) in [5, 5.41) is 18.5. The lowest BCUT2D eigenvalue weighted by atomic mass is 9.85. The number of carbonyl (C=O) groups excluding carboxylic acids is 4. The zero-order valence-corrected chi connectivity index (χ0v) is 20.0. The van der Waals surface area contributed by atoms with Crippen LogP contribution in [0.15, 0.2) is 12.3 Å². The fourth-order valence-electron chi connectivity index (χ4n) is 4.00. The molecule has 0 unspecified atom stereocenters. The minimum atomic E-state index is -4.56. The van der Waals surface area contributed by atoms with Crippen LogP contribution >= 0.6 is 0 Å². The highest BCUT2D eigenvalue weighted by molar-refractivity contribution is 7.88. The Morgan fingerprint density at radius 2 is 2.06 bits per heavy atom. The molecule has 3 N–H and O–H groups in total. The first-order chi connectivity index (χ1) is 16.6. The summed E-state index contributed by atoms with van der Waals surface area (Å²) in [5.74, 6) is -2.15. The highest BCUT2D eigenvalue weighted by Crippen LogP contribution is 2.34. The van der Waals surface area contributed by atoms with Crippen molar-refractivity contribution in [1.82, 2.24) is 24.5 Å². The molecule has 35 heavy (non-hydrogen) atoms. The van der Waals surface area contributed by atoms with E-state index in [1.54, 1.807) is 4.72 Å². The molecule has 0 radical (unpaired) electrons. The van der Waals surface area contributed by atoms with Crippen LogP contribution in [0.25, 0.3) is 0 Å². The predicted octanol–water partition coefficient (Wildman–Crippen LogP) is 0.246. The number of carbonyl (C=O) groups is 4. The Morgan fingerprint density at radius 3 is 2.69 bits per heavy atom. The second kappa shape index (κ2) is 11.3. The number of ketones is 1. The highest BCUT2D eigenvalue weighted by Gasteiger charge is 2.34. The number of methoxy groups -OCH3 is 1. The molecule has 2 fully saturated rings. The van der Waals surface area contributed by atoms with Crippen molar-refractivity contribution in [2.24, 2.45) is 17.8 Å². The van der Waals surface area contributed by atoms with Gasteiger partial charge in [-0.15, -0.1) is 4.09 Å². The number of hydrogen-bond donors (Lipinski definition) is 3. The van der Waals surface area contributed by atoms with Crippen molar-refractivity contribution in [1.29, 1.82) is 5.26 Å². The fraction of sp³-hybridized carbons (Fsp3) is 0.619. The van der Waals surface area contributed by atoms with E-state index in [-0.39, 0.29) is 36.4 Å². The monoisotopic (exact) mass is 508 g/mol. The first kappa shape index (κ1) is 26.1. The van der Waals surface area contributed by atoms with Crippen molar-refractivity contribution in [3.05, 3.63) is 18.0 Å². The molecule has 13 nitrogen and oxygen atoms in total. The van der Waals surface area contributed by atoms with Crippen LogP contribution in [0.3, 0.4) is 0 Å². The van der Waals surface area contributed by atoms with Gasteiger partial charge in [0.1, 0.15) is 5.69 Å². The molecule has 1 aromatic rings. The first-order valence-electron chi connectivity index (χ1n) is 11.3. The van der Waals surface area contributed by atoms with Gasteiger partial charge in [-0.3, -0.25) is 14.4 Å². The van der Waals surface area contributed by atoms with Gasteiger partial charge in [0.05, 0.1) is 31.3 Å². The number of nitriles is 1. The largest absolute Gasteiger partial charge is 0.452 e. The summed E-state index contributed by atoms with van der Waals surface area (Å²) in [4.78, 5) is 49.4. The average molecular weight is 509 g/mol. The summed E-state index contributed by atoms with van der Waals surface area (Å²) in [6.45, 7) is 0.600. The lowest BCUT2D eigenvalue weighted by molar-refractivity contribution is -0.128. The van der Waals surface area contributed by atoms with Crippen molar-refractivity contribution in [3.8, 4) is 6.07 Å². The maximum absolute atomic E-state index is 13.1. The molecule has 1 aromatic heterocycles. The molecule has 0 bridgehead atoms. The topological polar surface area (TPSA) is 189 Å². The Hall–Kier alpha value is -3.47. The van der Waals surface area contributed by atoms with Gasteiger partial charge in [0.25, 0.3) is 5.91 Å². The minimum Gasteiger partial charge on any atom is -0.452 e. The number of ether oxygens (including phenoxy) is 1. The van der Waals surface area contributed by atoms with E-state index in [1.807, 2.05) is 0 Å². The van der Waals surface area contributed by atoms with Gasteiger partial charge in [-0.2, -0.15) is 23.5 Å². The Labute approximate surface area is 202 Å². The van der Waals surface area contributed by atoms with Crippen LogP contribution in [0.4, 0.5) is 4.79 Å². The van der Waals surface area contributed by atoms with Gasteiger partial charge in [0, 0.05) is 18.9 Å². The molecule has 2 heterocycles. The minimum absolute atomic E-state index is 0.123. The Morgan fingerprint density at radius 1 is 1.31 bits per heavy atom. The molecule has 0 spiro atoms. The lowest BCUT2D eigenvalue weighted by Crippen LogP contribution is -2.44. The van der Waals surface area contributed by atoms with Crippen molar-refractivity contribution in [3.63, 3.8) is 0 Å². The molecule has 190 valence electrons. The number of amides is 3. The smallest absolute Gasteiger partial charge is 0.422 e. The molecule has 3 atom stereocenters. The van der Waals surface area contributed by atoms with Crippen LogP contribution in [0.1, 0.15) is 55.4 Å². The summed E-state index contributed by atoms with van der Waals surface area (Å²) >= 11 is 0. The molecule has 3 rings (SSSR count). The Balaban J connectivity index is 1.70. The van der Waals surface area contributed by atoms with Crippen LogP contribution in [-0.4, -0.2) is 61.0 Å². The second-order valence-corrected chi connectivity index (χ2v) is 10.2. The normalized spacial score (nSPS) is 19.5. The fourth-order valence-corrected chi connectivity index (χ4v) is 4.96. The third-order valence-corrected chi connectivity index (χ3v) is 7.20. The quantitative estimate of drug-likeness (QED) is 0.376. The second-order valence-electron chi connectivity index (χ2n) is 8.73. The van der Waals surface area contributed by atoms with E-state index in [2.05, 4.69) is 26.5 Å². The highest BCUT2D eigenvalue weighted by atomic mass is 32.2. The maximum Gasteiger partial charge on any atom is 0.422 e. The van der Waals surface area contributed by atoms with E-state index < -0.39 is 39.9 Å². The molecule has 1 aliphatic heterocycles. The van der Waals surface area contributed by atoms with Crippen molar-refractivity contribution >= 4 is 33.9 Å². The van der Waals surface area contributed by atoms with E-state index >= 15 is 0 Å². The number of piperidine rings is 1. The molecule has 1 saturated heterocycles. The van der Waals surface area contributed by atoms with Crippen LogP contribution in [0.2, 0.25) is 0 Å². The van der Waals surface area contributed by atoms with Crippen LogP contribution in [-0.2, 0) is 24.5 Å². The Kier molecular flexibility index (Phi) is 8.44. The van der Waals surface area contributed by atoms with Crippen LogP contribution in [0, 0.1) is 29.1 Å². The van der Waals surface area contributed by atoms with Gasteiger partial charge in [0.2, 0.25) is 5.91 Å². The molecule has 1 aliphatic carbocycles. The molecular weight excluding hydrogens is 480 g/mol. The van der Waals surface area contributed by atoms with E-state index in [1.165, 1.54) is 0 Å². The number of aromatic nitrogens is 2. The van der Waals surface area contributed by atoms with Gasteiger partial charge in [-0.05, 0) is 37.7 Å². The first-order valence-corrected chi connectivity index (χ1v) is 12.7. The van der Waals surface area contributed by atoms with E-state index in [0.717, 1.165) is 38.6 Å². The summed E-state index contributed by atoms with van der Waals surface area (Å²) in [6, 6.07) is 2.29. The van der Waals surface area contributed by atoms with Gasteiger partial charge in [-0.25, -0.2) is 4.79 Å². The van der Waals surface area contributed by atoms with Crippen molar-refractivity contribution < 1.29 is 32.3 Å². The van der Waals surface area contributed by atoms with Gasteiger partial charge < -0.3 is 15.4 Å². The van der Waals surface area contributed by atoms with Gasteiger partial charge >= 0.3 is 16.3 Å². The Bertz CT molecular complexity index is 1120. The molecule has 14 heteroatoms. The lowest BCUT2D eigenvalue weighted by Gasteiger charge is -2.24. The number of Topliss-reactive ketones (excluding diaryl/α,β-unsaturated/α-hetero) is 1. The van der Waals surface area contributed by atoms with Gasteiger partial charge in [-0.1, -0.05) is 12.8 Å². The molecule has 0 aromatic carbocycles. The summed E-state index contributed by atoms with van der Waals surface area (Å²) in [7, 11) is -3.58. The number of hydrogen-bond acceptors (Lipinski definition) is 9. The van der Waals surface area contributed by atoms with Crippen molar-refractivity contribution in [2.75, 3.05) is 13.7 Å². The van der Waals surface area contributed by atoms with E-state index in [4.69, 9.17) is 0 Å². The standard InChI is InChI=1S/C21H28N6O7S/c1-34-21(31)26-35(32,33)27-17(6-8-24-27)20(30)25-16(10-13-4-5-13)18(28)11-14(12-22)9-15-3-2-7-23-19(15)29/h6,8,13-16H,2-5,7,9-11H2,1H3,(H,23,29)(H,25,30)(H,26,31)/t14-,15+,16+/m1/s1. The van der Waals surface area contributed by atoms with Crippen molar-refractivity contribution in [2.45, 2.75) is 51.0 Å². The van der Waals surface area contributed by atoms with Gasteiger partial charge in [0.15, 0.2) is 5.78 Å². The van der Waals surface area contributed by atoms with Crippen LogP contribution < -0.4 is 15.4 Å². The van der Waals surface area contributed by atoms with E-state index in [9.17, 15) is 32.9 Å². The summed E-state index contributed by atoms with van der Waals surface area (Å²) < 4.78 is 30.9. The molecule has 2 aliphatic rings. The summed E-state index contributed by atoms with van der Waals surface area (Å²) in [6.07, 6.45) is 3.53. The third-order valence-electron chi connectivity index (χ3n) is 6.03. The molecule has 3 amide bonds. The summed E-state index contributed by atoms with van der Waals surface area (Å²) in [5.41, 5.74) is -0.411. The molecule has 1 saturated carbocycles. The SMILES string of the molecule is COC(=O)NS(=O)(=O)n1nccc1C(=O)N[C@@H](CC1CC1)C(=O)C[C@H](C#N)C[C@@H]1CCCNC1=O. The predicted molar refractivity (Wildman–Crippen MR) is 120 cm³/mol. The number of nitrogens with one attached hydrogen (secondary N) is 3. The van der Waals surface area contributed by atoms with Crippen LogP contribution in [0.5, 0.6) is 0 Å². The molecular formula is C21H28N6O7S. The maximum atomic E-state index is 13.1. The zero-order chi connectivity index (χ0) is 25.6. The third kappa shape index (κ3) is 7.01. The van der Waals surface area contributed by atoms with E-state index in [0.29, 0.717) is 23.5 Å². The average Bonchev–Trinajstić information content (AvgIpc) is 3.49. The number of rotatable bonds is 11. The number of nitrogens with zero attached hydrogens (tertiary/aromatic N) is 3. The zero-order valence-electron chi connectivity index (χ0n) is 19.2.